The number of benzene rings is 1. The van der Waals surface area contributed by atoms with Crippen LogP contribution in [0.3, 0.4) is 0 Å². The number of nitrogens with zero attached hydrogens (tertiary/aromatic N) is 1. The fourth-order valence-corrected chi connectivity index (χ4v) is 2.52. The van der Waals surface area contributed by atoms with Gasteiger partial charge < -0.3 is 10.6 Å². The van der Waals surface area contributed by atoms with Gasteiger partial charge in [0.05, 0.1) is 5.69 Å². The second-order valence-electron chi connectivity index (χ2n) is 5.68. The summed E-state index contributed by atoms with van der Waals surface area (Å²) in [5.74, 6) is -0.271. The second kappa shape index (κ2) is 7.99. The van der Waals surface area contributed by atoms with E-state index in [1.165, 1.54) is 16.3 Å². The number of amides is 1. The molecule has 3 N–H and O–H groups in total. The highest BCUT2D eigenvalue weighted by Gasteiger charge is 2.13. The Labute approximate surface area is 146 Å². The molecule has 0 unspecified atom stereocenters. The van der Waals surface area contributed by atoms with Gasteiger partial charge in [0.25, 0.3) is 11.5 Å². The predicted molar refractivity (Wildman–Crippen MR) is 96.3 cm³/mol. The summed E-state index contributed by atoms with van der Waals surface area (Å²) in [7, 11) is 0. The Bertz CT molecular complexity index is 790. The maximum absolute atomic E-state index is 12.2. The Morgan fingerprint density at radius 1 is 1.29 bits per heavy atom. The van der Waals surface area contributed by atoms with Crippen LogP contribution in [0.5, 0.6) is 0 Å². The fourth-order valence-electron chi connectivity index (χ4n) is 2.52. The lowest BCUT2D eigenvalue weighted by atomic mass is 10.1. The molecule has 0 fully saturated rings. The van der Waals surface area contributed by atoms with Gasteiger partial charge >= 0.3 is 0 Å². The van der Waals surface area contributed by atoms with Crippen LogP contribution in [0.25, 0.3) is 5.69 Å². The first-order chi connectivity index (χ1) is 11.1. The highest BCUT2D eigenvalue weighted by atomic mass is 35.5. The van der Waals surface area contributed by atoms with Crippen LogP contribution in [0.1, 0.15) is 22.5 Å². The average Bonchev–Trinajstić information content (AvgIpc) is 2.96. The molecule has 1 amide bonds. The summed E-state index contributed by atoms with van der Waals surface area (Å²) in [5, 5.41) is 8.94. The molecule has 1 aromatic heterocycles. The van der Waals surface area contributed by atoms with Crippen molar-refractivity contribution < 1.29 is 4.79 Å². The first kappa shape index (κ1) is 18.0. The van der Waals surface area contributed by atoms with Crippen LogP contribution < -0.4 is 16.2 Å². The molecular formula is C17H21ClN4O2. The molecule has 0 radical (unpaired) electrons. The van der Waals surface area contributed by atoms with Gasteiger partial charge in [-0.2, -0.15) is 0 Å². The lowest BCUT2D eigenvalue weighted by molar-refractivity contribution is 0.0951. The van der Waals surface area contributed by atoms with E-state index in [9.17, 15) is 9.59 Å². The van der Waals surface area contributed by atoms with E-state index in [0.29, 0.717) is 12.2 Å². The van der Waals surface area contributed by atoms with Gasteiger partial charge in [-0.25, -0.2) is 4.68 Å². The van der Waals surface area contributed by atoms with Gasteiger partial charge in [-0.05, 0) is 32.0 Å². The number of hydrogen-bond donors (Lipinski definition) is 3. The van der Waals surface area contributed by atoms with Gasteiger partial charge in [0.2, 0.25) is 0 Å². The third-order valence-electron chi connectivity index (χ3n) is 3.89. The molecule has 24 heavy (non-hydrogen) atoms. The summed E-state index contributed by atoms with van der Waals surface area (Å²) in [6.45, 7) is 4.27. The van der Waals surface area contributed by atoms with Crippen LogP contribution in [0.4, 0.5) is 0 Å². The van der Waals surface area contributed by atoms with E-state index in [0.717, 1.165) is 25.1 Å². The molecule has 0 atom stereocenters. The van der Waals surface area contributed by atoms with E-state index in [-0.39, 0.29) is 29.6 Å². The summed E-state index contributed by atoms with van der Waals surface area (Å²) >= 11 is 0. The zero-order valence-electron chi connectivity index (χ0n) is 13.5. The number of rotatable bonds is 4. The Morgan fingerprint density at radius 2 is 2.04 bits per heavy atom. The molecule has 2 aromatic rings. The Hall–Kier alpha value is -2.31. The second-order valence-corrected chi connectivity index (χ2v) is 5.68. The monoisotopic (exact) mass is 348 g/mol. The van der Waals surface area contributed by atoms with Crippen LogP contribution in [0.15, 0.2) is 46.8 Å². The molecule has 7 heteroatoms. The number of H-pyrrole nitrogens is 1. The third-order valence-corrected chi connectivity index (χ3v) is 3.89. The highest BCUT2D eigenvalue weighted by Crippen LogP contribution is 2.07. The Kier molecular flexibility index (Phi) is 6.00. The zero-order chi connectivity index (χ0) is 16.2. The minimum atomic E-state index is -0.271. The van der Waals surface area contributed by atoms with Crippen LogP contribution >= 0.6 is 12.4 Å². The normalized spacial score (nSPS) is 13.8. The summed E-state index contributed by atoms with van der Waals surface area (Å²) in [6.07, 6.45) is 3.02. The number of aryl methyl sites for hydroxylation is 1. The highest BCUT2D eigenvalue weighted by molar-refractivity contribution is 5.92. The van der Waals surface area contributed by atoms with Crippen LogP contribution in [0.2, 0.25) is 0 Å². The molecule has 1 aliphatic rings. The molecule has 1 aromatic carbocycles. The molecule has 0 saturated carbocycles. The SMILES string of the molecule is Cc1ccc(-n2[nH]c(C(=O)NCC3=CCNCC3)cc2=O)cc1.Cl. The topological polar surface area (TPSA) is 78.9 Å². The maximum atomic E-state index is 12.2. The number of aromatic amines is 1. The van der Waals surface area contributed by atoms with Crippen molar-refractivity contribution in [1.29, 1.82) is 0 Å². The van der Waals surface area contributed by atoms with Crippen molar-refractivity contribution >= 4 is 18.3 Å². The van der Waals surface area contributed by atoms with Crippen molar-refractivity contribution in [2.75, 3.05) is 19.6 Å². The number of nitrogens with one attached hydrogen (secondary N) is 3. The van der Waals surface area contributed by atoms with Gasteiger partial charge in [0.1, 0.15) is 5.69 Å². The molecule has 3 rings (SSSR count). The summed E-state index contributed by atoms with van der Waals surface area (Å²) in [5.41, 5.74) is 3.05. The Morgan fingerprint density at radius 3 is 2.71 bits per heavy atom. The first-order valence-corrected chi connectivity index (χ1v) is 7.69. The lowest BCUT2D eigenvalue weighted by Gasteiger charge is -2.14. The largest absolute Gasteiger partial charge is 0.347 e. The summed E-state index contributed by atoms with van der Waals surface area (Å²) < 4.78 is 1.37. The molecule has 128 valence electrons. The van der Waals surface area contributed by atoms with Crippen molar-refractivity contribution in [3.8, 4) is 5.69 Å². The maximum Gasteiger partial charge on any atom is 0.271 e. The van der Waals surface area contributed by atoms with Gasteiger partial charge in [-0.3, -0.25) is 14.7 Å². The van der Waals surface area contributed by atoms with E-state index in [2.05, 4.69) is 21.8 Å². The minimum Gasteiger partial charge on any atom is -0.347 e. The third kappa shape index (κ3) is 4.15. The molecule has 0 bridgehead atoms. The number of hydrogen-bond acceptors (Lipinski definition) is 3. The molecular weight excluding hydrogens is 328 g/mol. The molecule has 6 nitrogen and oxygen atoms in total. The van der Waals surface area contributed by atoms with Crippen LogP contribution in [0, 0.1) is 6.92 Å². The van der Waals surface area contributed by atoms with Crippen molar-refractivity contribution in [2.24, 2.45) is 0 Å². The summed E-state index contributed by atoms with van der Waals surface area (Å²) in [6, 6.07) is 8.85. The number of carbonyl (C=O) groups is 1. The van der Waals surface area contributed by atoms with Crippen molar-refractivity contribution in [3.05, 3.63) is 63.6 Å². The zero-order valence-corrected chi connectivity index (χ0v) is 14.3. The fraction of sp³-hybridized carbons (Fsp3) is 0.294. The van der Waals surface area contributed by atoms with Crippen molar-refractivity contribution in [2.45, 2.75) is 13.3 Å². The van der Waals surface area contributed by atoms with Crippen LogP contribution in [-0.2, 0) is 0 Å². The van der Waals surface area contributed by atoms with Gasteiger partial charge in [-0.1, -0.05) is 29.3 Å². The standard InChI is InChI=1S/C17H20N4O2.ClH/c1-12-2-4-14(5-3-12)21-16(22)10-15(20-21)17(23)19-11-13-6-8-18-9-7-13;/h2-6,10,18,20H,7-9,11H2,1H3,(H,19,23);1H. The van der Waals surface area contributed by atoms with Gasteiger partial charge in [0, 0.05) is 19.2 Å². The molecule has 0 saturated heterocycles. The minimum absolute atomic E-state index is 0. The predicted octanol–water partition coefficient (Wildman–Crippen LogP) is 1.55. The van der Waals surface area contributed by atoms with Crippen molar-refractivity contribution in [3.63, 3.8) is 0 Å². The van der Waals surface area contributed by atoms with E-state index >= 15 is 0 Å². The number of aromatic nitrogens is 2. The van der Waals surface area contributed by atoms with E-state index < -0.39 is 0 Å². The van der Waals surface area contributed by atoms with E-state index in [1.54, 1.807) is 0 Å². The van der Waals surface area contributed by atoms with E-state index in [1.807, 2.05) is 31.2 Å². The lowest BCUT2D eigenvalue weighted by Crippen LogP contribution is -2.29. The first-order valence-electron chi connectivity index (χ1n) is 7.69. The average molecular weight is 349 g/mol. The molecule has 0 spiro atoms. The smallest absolute Gasteiger partial charge is 0.271 e. The Balaban J connectivity index is 0.00000208. The van der Waals surface area contributed by atoms with E-state index in [4.69, 9.17) is 0 Å². The molecule has 0 aliphatic carbocycles. The van der Waals surface area contributed by atoms with Gasteiger partial charge in [0.15, 0.2) is 0 Å². The van der Waals surface area contributed by atoms with Gasteiger partial charge in [-0.15, -0.1) is 12.4 Å². The van der Waals surface area contributed by atoms with Crippen molar-refractivity contribution in [1.82, 2.24) is 20.4 Å². The number of carbonyl (C=O) groups excluding carboxylic acids is 1. The quantitative estimate of drug-likeness (QED) is 0.733. The van der Waals surface area contributed by atoms with Crippen LogP contribution in [-0.4, -0.2) is 35.3 Å². The molecule has 1 aliphatic heterocycles. The number of halogens is 1. The molecule has 2 heterocycles. The summed E-state index contributed by atoms with van der Waals surface area (Å²) in [4.78, 5) is 24.3.